The summed E-state index contributed by atoms with van der Waals surface area (Å²) in [5.74, 6) is 0. The first-order chi connectivity index (χ1) is 26.6. The molecule has 0 spiro atoms. The predicted octanol–water partition coefficient (Wildman–Crippen LogP) is 17.1. The summed E-state index contributed by atoms with van der Waals surface area (Å²) in [7, 11) is 0. The summed E-state index contributed by atoms with van der Waals surface area (Å²) in [6.07, 6.45) is 25.5. The van der Waals surface area contributed by atoms with Crippen LogP contribution in [0.2, 0.25) is 0 Å². The van der Waals surface area contributed by atoms with Gasteiger partial charge in [0.25, 0.3) is 0 Å². The van der Waals surface area contributed by atoms with E-state index in [1.807, 2.05) is 0 Å². The number of hydrogen-bond acceptors (Lipinski definition) is 0. The Balaban J connectivity index is 1.44. The SMILES string of the molecule is CCCCCCc1ccc2c(c1)c1cc(CCCCCC)ccc1c1cc3c4ccc(CCCCCC)cc4c4cc(CCCCCC)ccc4c3cc21. The predicted molar refractivity (Wildman–Crippen MR) is 243 cm³/mol. The Hall–Kier alpha value is -3.90. The minimum absolute atomic E-state index is 1.17. The van der Waals surface area contributed by atoms with Crippen LogP contribution in [0.4, 0.5) is 0 Å². The molecule has 0 heteroatoms. The number of unbranched alkanes of at least 4 members (excludes halogenated alkanes) is 12. The van der Waals surface area contributed by atoms with Gasteiger partial charge in [0.05, 0.1) is 0 Å². The third-order valence-electron chi connectivity index (χ3n) is 12.5. The van der Waals surface area contributed by atoms with E-state index >= 15 is 0 Å². The Morgan fingerprint density at radius 2 is 0.444 bits per heavy atom. The second-order valence-electron chi connectivity index (χ2n) is 16.7. The summed E-state index contributed by atoms with van der Waals surface area (Å²) < 4.78 is 0. The van der Waals surface area contributed by atoms with Crippen molar-refractivity contribution in [1.82, 2.24) is 0 Å². The Morgan fingerprint density at radius 3 is 0.667 bits per heavy atom. The zero-order chi connectivity index (χ0) is 37.3. The van der Waals surface area contributed by atoms with Crippen LogP contribution in [-0.2, 0) is 25.7 Å². The first-order valence-electron chi connectivity index (χ1n) is 22.3. The molecule has 0 aliphatic carbocycles. The molecule has 0 bridgehead atoms. The number of rotatable bonds is 20. The van der Waals surface area contributed by atoms with Crippen LogP contribution in [0.1, 0.15) is 153 Å². The monoisotopic (exact) mass is 715 g/mol. The van der Waals surface area contributed by atoms with Crippen LogP contribution in [0.3, 0.4) is 0 Å². The molecule has 0 heterocycles. The topological polar surface area (TPSA) is 0 Å². The van der Waals surface area contributed by atoms with Crippen molar-refractivity contribution in [2.24, 2.45) is 0 Å². The van der Waals surface area contributed by atoms with E-state index in [-0.39, 0.29) is 0 Å². The molecule has 7 rings (SSSR count). The van der Waals surface area contributed by atoms with Gasteiger partial charge in [-0.05, 0) is 150 Å². The lowest BCUT2D eigenvalue weighted by Gasteiger charge is -2.17. The molecule has 0 saturated heterocycles. The highest BCUT2D eigenvalue weighted by Crippen LogP contribution is 2.43. The van der Waals surface area contributed by atoms with Crippen LogP contribution >= 0.6 is 0 Å². The van der Waals surface area contributed by atoms with Crippen LogP contribution in [-0.4, -0.2) is 0 Å². The molecule has 7 aromatic rings. The standard InChI is InChI=1S/C54H66/c1-5-9-13-17-21-39-25-29-43-47(33-39)48-34-40(22-18-14-10-6-2)26-30-44(48)52-38-54-46-32-28-42(24-20-16-12-8-4)36-50(46)49-35-41(23-19-15-11-7-3)27-31-45(49)53(54)37-51(43)52/h25-38H,5-24H2,1-4H3. The van der Waals surface area contributed by atoms with Gasteiger partial charge in [-0.2, -0.15) is 0 Å². The minimum Gasteiger partial charge on any atom is -0.0654 e. The van der Waals surface area contributed by atoms with Gasteiger partial charge in [-0.1, -0.05) is 178 Å². The Morgan fingerprint density at radius 1 is 0.222 bits per heavy atom. The molecular formula is C54H66. The molecule has 54 heavy (non-hydrogen) atoms. The number of fused-ring (bicyclic) bond motifs is 12. The molecule has 0 saturated carbocycles. The van der Waals surface area contributed by atoms with Crippen LogP contribution in [0.25, 0.3) is 64.6 Å². The van der Waals surface area contributed by atoms with Gasteiger partial charge >= 0.3 is 0 Å². The number of aryl methyl sites for hydroxylation is 4. The van der Waals surface area contributed by atoms with E-state index in [4.69, 9.17) is 0 Å². The minimum atomic E-state index is 1.17. The fourth-order valence-corrected chi connectivity index (χ4v) is 9.33. The normalized spacial score (nSPS) is 12.1. The lowest BCUT2D eigenvalue weighted by molar-refractivity contribution is 0.667. The van der Waals surface area contributed by atoms with Crippen LogP contribution in [0, 0.1) is 0 Å². The smallest absolute Gasteiger partial charge is 0.00923 e. The third-order valence-corrected chi connectivity index (χ3v) is 12.5. The van der Waals surface area contributed by atoms with Crippen molar-refractivity contribution in [3.63, 3.8) is 0 Å². The fraction of sp³-hybridized carbons (Fsp3) is 0.444. The molecule has 0 fully saturated rings. The molecule has 0 aromatic heterocycles. The van der Waals surface area contributed by atoms with Gasteiger partial charge in [-0.15, -0.1) is 0 Å². The van der Waals surface area contributed by atoms with E-state index in [1.165, 1.54) is 215 Å². The van der Waals surface area contributed by atoms with Gasteiger partial charge < -0.3 is 0 Å². The lowest BCUT2D eigenvalue weighted by Crippen LogP contribution is -1.93. The second kappa shape index (κ2) is 18.6. The Labute approximate surface area is 326 Å². The van der Waals surface area contributed by atoms with E-state index in [0.717, 1.165) is 0 Å². The summed E-state index contributed by atoms with van der Waals surface area (Å²) in [6, 6.07) is 35.0. The van der Waals surface area contributed by atoms with Gasteiger partial charge in [0.15, 0.2) is 0 Å². The second-order valence-corrected chi connectivity index (χ2v) is 16.7. The Bertz CT molecular complexity index is 2010. The molecule has 282 valence electrons. The fourth-order valence-electron chi connectivity index (χ4n) is 9.33. The summed E-state index contributed by atoms with van der Waals surface area (Å²) >= 11 is 0. The van der Waals surface area contributed by atoms with Crippen molar-refractivity contribution in [3.05, 3.63) is 107 Å². The molecule has 0 N–H and O–H groups in total. The Kier molecular flexibility index (Phi) is 13.2. The van der Waals surface area contributed by atoms with Crippen LogP contribution in [0.15, 0.2) is 84.9 Å². The quantitative estimate of drug-likeness (QED) is 0.0419. The number of benzene rings is 7. The lowest BCUT2D eigenvalue weighted by atomic mass is 9.86. The molecule has 0 unspecified atom stereocenters. The highest BCUT2D eigenvalue weighted by Gasteiger charge is 2.16. The molecule has 0 atom stereocenters. The molecule has 7 aromatic carbocycles. The largest absolute Gasteiger partial charge is 0.0654 e. The molecule has 0 amide bonds. The van der Waals surface area contributed by atoms with Crippen LogP contribution in [0.5, 0.6) is 0 Å². The maximum absolute atomic E-state index is 2.58. The number of hydrogen-bond donors (Lipinski definition) is 0. The van der Waals surface area contributed by atoms with E-state index < -0.39 is 0 Å². The summed E-state index contributed by atoms with van der Waals surface area (Å²) in [5, 5.41) is 17.0. The van der Waals surface area contributed by atoms with Gasteiger partial charge in [-0.3, -0.25) is 0 Å². The molecule has 0 nitrogen and oxygen atoms in total. The third kappa shape index (κ3) is 8.49. The van der Waals surface area contributed by atoms with E-state index in [0.29, 0.717) is 0 Å². The first kappa shape index (κ1) is 38.4. The van der Waals surface area contributed by atoms with Crippen molar-refractivity contribution in [2.45, 2.75) is 156 Å². The summed E-state index contributed by atoms with van der Waals surface area (Å²) in [4.78, 5) is 0. The molecule has 0 radical (unpaired) electrons. The average Bonchev–Trinajstić information content (AvgIpc) is 3.21. The van der Waals surface area contributed by atoms with Crippen molar-refractivity contribution >= 4 is 64.6 Å². The van der Waals surface area contributed by atoms with Gasteiger partial charge in [0.1, 0.15) is 0 Å². The van der Waals surface area contributed by atoms with E-state index in [9.17, 15) is 0 Å². The molecule has 0 aliphatic heterocycles. The maximum atomic E-state index is 2.58. The maximum Gasteiger partial charge on any atom is -0.00923 e. The van der Waals surface area contributed by atoms with E-state index in [2.05, 4.69) is 113 Å². The van der Waals surface area contributed by atoms with Crippen molar-refractivity contribution in [2.75, 3.05) is 0 Å². The van der Waals surface area contributed by atoms with Gasteiger partial charge in [0, 0.05) is 0 Å². The summed E-state index contributed by atoms with van der Waals surface area (Å²) in [5.41, 5.74) is 5.95. The molecular weight excluding hydrogens is 649 g/mol. The average molecular weight is 715 g/mol. The van der Waals surface area contributed by atoms with Crippen LogP contribution < -0.4 is 0 Å². The summed E-state index contributed by atoms with van der Waals surface area (Å²) in [6.45, 7) is 9.23. The van der Waals surface area contributed by atoms with Crippen molar-refractivity contribution in [3.8, 4) is 0 Å². The highest BCUT2D eigenvalue weighted by atomic mass is 14.2. The first-order valence-corrected chi connectivity index (χ1v) is 22.3. The van der Waals surface area contributed by atoms with Crippen molar-refractivity contribution < 1.29 is 0 Å². The van der Waals surface area contributed by atoms with Crippen molar-refractivity contribution in [1.29, 1.82) is 0 Å². The zero-order valence-electron chi connectivity index (χ0n) is 34.2. The molecule has 0 aliphatic rings. The van der Waals surface area contributed by atoms with E-state index in [1.54, 1.807) is 0 Å². The zero-order valence-corrected chi connectivity index (χ0v) is 34.2. The highest BCUT2D eigenvalue weighted by molar-refractivity contribution is 6.33. The van der Waals surface area contributed by atoms with Gasteiger partial charge in [-0.25, -0.2) is 0 Å². The van der Waals surface area contributed by atoms with Gasteiger partial charge in [0.2, 0.25) is 0 Å².